The lowest BCUT2D eigenvalue weighted by Gasteiger charge is -2.31. The molecule has 420 valence electrons. The number of rotatable bonds is 29. The van der Waals surface area contributed by atoms with Gasteiger partial charge in [0.1, 0.15) is 42.0 Å². The van der Waals surface area contributed by atoms with Crippen molar-refractivity contribution < 1.29 is 68.4 Å². The molecule has 1 saturated heterocycles. The molecular formula is C50H66N14O14. The lowest BCUT2D eigenvalue weighted by atomic mass is 10.0. The molecule has 9 amide bonds. The van der Waals surface area contributed by atoms with Crippen LogP contribution in [0.4, 0.5) is 0 Å². The highest BCUT2D eigenvalue weighted by atomic mass is 16.4. The number of carbonyl (C=O) groups is 10. The van der Waals surface area contributed by atoms with Crippen LogP contribution in [0.5, 0.6) is 5.75 Å². The zero-order valence-corrected chi connectivity index (χ0v) is 42.7. The van der Waals surface area contributed by atoms with Crippen molar-refractivity contribution in [2.75, 3.05) is 13.1 Å². The topological polar surface area (TPSA) is 448 Å². The molecule has 0 spiro atoms. The number of aliphatic hydroxyl groups excluding tert-OH is 2. The van der Waals surface area contributed by atoms with Gasteiger partial charge in [-0.3, -0.25) is 43.2 Å². The Hall–Kier alpha value is -8.76. The van der Waals surface area contributed by atoms with Gasteiger partial charge in [-0.1, -0.05) is 42.5 Å². The molecule has 0 bridgehead atoms. The minimum atomic E-state index is -1.71. The number of likely N-dealkylation sites (tertiary alicyclic amines) is 1. The number of carboxylic acids is 1. The highest BCUT2D eigenvalue weighted by Crippen LogP contribution is 2.21. The average Bonchev–Trinajstić information content (AvgIpc) is 4.24. The largest absolute Gasteiger partial charge is 0.508 e. The summed E-state index contributed by atoms with van der Waals surface area (Å²) in [5, 5.41) is 57.8. The molecule has 0 radical (unpaired) electrons. The van der Waals surface area contributed by atoms with Crippen LogP contribution in [-0.2, 0) is 73.6 Å². The fourth-order valence-corrected chi connectivity index (χ4v) is 8.33. The van der Waals surface area contributed by atoms with Crippen molar-refractivity contribution in [2.24, 2.45) is 11.5 Å². The molecule has 2 aromatic heterocycles. The number of carbonyl (C=O) groups excluding carboxylic acids is 9. The van der Waals surface area contributed by atoms with Gasteiger partial charge in [0.25, 0.3) is 0 Å². The third kappa shape index (κ3) is 18.2. The quantitative estimate of drug-likeness (QED) is 0.0244. The second-order valence-electron chi connectivity index (χ2n) is 18.7. The third-order valence-corrected chi connectivity index (χ3v) is 12.5. The minimum Gasteiger partial charge on any atom is -0.508 e. The first-order chi connectivity index (χ1) is 37.1. The van der Waals surface area contributed by atoms with Crippen molar-refractivity contribution in [1.29, 1.82) is 0 Å². The van der Waals surface area contributed by atoms with Gasteiger partial charge in [0.05, 0.1) is 48.8 Å². The number of hydrogen-bond acceptors (Lipinski definition) is 16. The first kappa shape index (κ1) is 60.1. The summed E-state index contributed by atoms with van der Waals surface area (Å²) in [4.78, 5) is 149. The smallest absolute Gasteiger partial charge is 0.328 e. The van der Waals surface area contributed by atoms with Crippen LogP contribution in [0.1, 0.15) is 62.0 Å². The first-order valence-electron chi connectivity index (χ1n) is 24.9. The minimum absolute atomic E-state index is 0.00235. The number of aliphatic hydroxyl groups is 2. The van der Waals surface area contributed by atoms with Crippen LogP contribution in [-0.4, -0.2) is 178 Å². The summed E-state index contributed by atoms with van der Waals surface area (Å²) in [6, 6.07) is 2.58. The Labute approximate surface area is 446 Å². The van der Waals surface area contributed by atoms with E-state index in [9.17, 15) is 68.4 Å². The molecule has 1 fully saturated rings. The molecule has 0 saturated carbocycles. The van der Waals surface area contributed by atoms with E-state index in [-0.39, 0.29) is 57.2 Å². The van der Waals surface area contributed by atoms with E-state index in [1.807, 2.05) is 0 Å². The van der Waals surface area contributed by atoms with E-state index in [4.69, 9.17) is 11.5 Å². The van der Waals surface area contributed by atoms with Gasteiger partial charge in [-0.2, -0.15) is 0 Å². The van der Waals surface area contributed by atoms with Crippen molar-refractivity contribution in [1.82, 2.24) is 62.1 Å². The van der Waals surface area contributed by atoms with Gasteiger partial charge in [-0.05, 0) is 56.4 Å². The number of imidazole rings is 2. The van der Waals surface area contributed by atoms with Gasteiger partial charge in [-0.25, -0.2) is 14.8 Å². The number of phenolic OH excluding ortho intramolecular Hbond substituents is 1. The van der Waals surface area contributed by atoms with Crippen LogP contribution in [0.2, 0.25) is 0 Å². The Morgan fingerprint density at radius 3 is 1.69 bits per heavy atom. The lowest BCUT2D eigenvalue weighted by Crippen LogP contribution is -2.60. The number of benzene rings is 2. The van der Waals surface area contributed by atoms with E-state index in [1.165, 1.54) is 63.2 Å². The molecule has 1 aliphatic heterocycles. The van der Waals surface area contributed by atoms with Crippen LogP contribution in [0, 0.1) is 0 Å². The molecule has 1 aliphatic rings. The van der Waals surface area contributed by atoms with Crippen molar-refractivity contribution in [3.05, 3.63) is 102 Å². The summed E-state index contributed by atoms with van der Waals surface area (Å²) >= 11 is 0. The van der Waals surface area contributed by atoms with E-state index < -0.39 is 126 Å². The van der Waals surface area contributed by atoms with Crippen LogP contribution in [0.3, 0.4) is 0 Å². The van der Waals surface area contributed by atoms with Gasteiger partial charge in [-0.15, -0.1) is 0 Å². The molecular weight excluding hydrogens is 1020 g/mol. The Bertz CT molecular complexity index is 2690. The van der Waals surface area contributed by atoms with E-state index in [0.29, 0.717) is 28.9 Å². The van der Waals surface area contributed by atoms with Crippen LogP contribution >= 0.6 is 0 Å². The molecule has 28 nitrogen and oxygen atoms in total. The summed E-state index contributed by atoms with van der Waals surface area (Å²) in [6.07, 6.45) is 1.89. The number of aromatic nitrogens is 4. The zero-order valence-electron chi connectivity index (χ0n) is 42.7. The third-order valence-electron chi connectivity index (χ3n) is 12.5. The normalized spacial score (nSPS) is 16.5. The van der Waals surface area contributed by atoms with E-state index in [2.05, 4.69) is 57.2 Å². The monoisotopic (exact) mass is 1090 g/mol. The molecule has 0 unspecified atom stereocenters. The average molecular weight is 1090 g/mol. The Morgan fingerprint density at radius 2 is 1.18 bits per heavy atom. The maximum Gasteiger partial charge on any atom is 0.328 e. The van der Waals surface area contributed by atoms with Crippen molar-refractivity contribution >= 4 is 59.1 Å². The van der Waals surface area contributed by atoms with Crippen molar-refractivity contribution in [3.8, 4) is 5.75 Å². The number of carboxylic acid groups (broad SMARTS) is 1. The summed E-state index contributed by atoms with van der Waals surface area (Å²) in [5.74, 6) is -9.42. The van der Waals surface area contributed by atoms with Gasteiger partial charge in [0, 0.05) is 51.0 Å². The van der Waals surface area contributed by atoms with E-state index in [1.54, 1.807) is 30.3 Å². The molecule has 0 aliphatic carbocycles. The number of amides is 9. The number of H-pyrrole nitrogens is 2. The predicted octanol–water partition coefficient (Wildman–Crippen LogP) is -4.44. The van der Waals surface area contributed by atoms with E-state index in [0.717, 1.165) is 4.90 Å². The predicted molar refractivity (Wildman–Crippen MR) is 273 cm³/mol. The van der Waals surface area contributed by atoms with Gasteiger partial charge in [0.2, 0.25) is 53.2 Å². The number of nitrogens with one attached hydrogen (secondary N) is 9. The summed E-state index contributed by atoms with van der Waals surface area (Å²) in [7, 11) is 0. The second kappa shape index (κ2) is 28.9. The second-order valence-corrected chi connectivity index (χ2v) is 18.7. The van der Waals surface area contributed by atoms with Crippen LogP contribution in [0.25, 0.3) is 0 Å². The molecule has 5 rings (SSSR count). The zero-order chi connectivity index (χ0) is 57.1. The Kier molecular flexibility index (Phi) is 22.3. The number of aromatic amines is 2. The molecule has 17 N–H and O–H groups in total. The fraction of sp³-hybridized carbons (Fsp3) is 0.440. The highest BCUT2D eigenvalue weighted by Gasteiger charge is 2.41. The molecule has 4 aromatic rings. The Balaban J connectivity index is 1.29. The SMILES string of the molecule is C[C@@H](O)[C@H](NC(=O)[C@H](Cc1ccccc1)NC(=O)[C@@H]1CCCN1C(=O)[C@@H](NC(=O)CNC(=O)[C@H](Cc1ccc(O)cc1)NC(=O)[C@H](Cc1c[nH]cn1)NC(=O)[C@H](Cc1c[nH]cn1)NC(=O)[C@@H](N)CCC(N)=O)[C@@H](C)O)C(=O)O. The molecule has 78 heavy (non-hydrogen) atoms. The first-order valence-corrected chi connectivity index (χ1v) is 24.9. The molecule has 2 aromatic carbocycles. The van der Waals surface area contributed by atoms with Crippen molar-refractivity contribution in [3.63, 3.8) is 0 Å². The van der Waals surface area contributed by atoms with Gasteiger partial charge < -0.3 is 84.0 Å². The van der Waals surface area contributed by atoms with E-state index >= 15 is 0 Å². The number of primary amides is 1. The van der Waals surface area contributed by atoms with Crippen LogP contribution < -0.4 is 48.7 Å². The number of phenols is 1. The maximum absolute atomic E-state index is 14.3. The number of aromatic hydroxyl groups is 1. The molecule has 28 heteroatoms. The van der Waals surface area contributed by atoms with Crippen LogP contribution in [0.15, 0.2) is 79.6 Å². The number of hydrogen-bond donors (Lipinski definition) is 15. The standard InChI is InChI=1S/C50H66N14O14/c1-26(65)41(49(76)64-16-6-9-38(64)48(75)61-35(17-28-7-4-3-5-8-28)47(74)63-42(27(2)66)50(77)78)62-40(69)23-55-44(71)34(18-29-10-12-32(67)13-11-29)59-46(73)37(20-31-22-54-25-57-31)60-45(72)36(19-30-21-53-24-56-30)58-43(70)33(51)14-15-39(52)68/h3-5,7-8,10-13,21-22,24-27,33-38,41-42,65-67H,6,9,14-20,23,51H2,1-2H3,(H2,52,68)(H,53,56)(H,54,57)(H,55,71)(H,58,70)(H,59,73)(H,60,72)(H,61,75)(H,62,69)(H,63,74)(H,77,78)/t26-,27-,33+,34+,35+,36+,37+,38+,41+,42+/m1/s1. The van der Waals surface area contributed by atoms with Gasteiger partial charge in [0.15, 0.2) is 6.04 Å². The summed E-state index contributed by atoms with van der Waals surface area (Å²) in [5.41, 5.74) is 12.9. The molecule has 10 atom stereocenters. The maximum atomic E-state index is 14.3. The highest BCUT2D eigenvalue weighted by molar-refractivity contribution is 5.98. The van der Waals surface area contributed by atoms with Crippen molar-refractivity contribution in [2.45, 2.75) is 126 Å². The Morgan fingerprint density at radius 1 is 0.667 bits per heavy atom. The number of aliphatic carboxylic acids is 1. The van der Waals surface area contributed by atoms with Gasteiger partial charge >= 0.3 is 5.97 Å². The number of nitrogens with zero attached hydrogens (tertiary/aromatic N) is 3. The lowest BCUT2D eigenvalue weighted by molar-refractivity contribution is -0.146. The number of nitrogens with two attached hydrogens (primary N) is 2. The fourth-order valence-electron chi connectivity index (χ4n) is 8.33. The summed E-state index contributed by atoms with van der Waals surface area (Å²) in [6.45, 7) is 1.57. The summed E-state index contributed by atoms with van der Waals surface area (Å²) < 4.78 is 0. The molecule has 3 heterocycles.